The average molecular weight is 472 g/mol. The number of amides is 1. The third-order valence-corrected chi connectivity index (χ3v) is 8.20. The summed E-state index contributed by atoms with van der Waals surface area (Å²) >= 11 is 1.43. The van der Waals surface area contributed by atoms with Gasteiger partial charge in [-0.05, 0) is 29.8 Å². The first-order chi connectivity index (χ1) is 15.4. The van der Waals surface area contributed by atoms with Crippen molar-refractivity contribution in [1.29, 1.82) is 0 Å². The number of hydrogen-bond donors (Lipinski definition) is 1. The van der Waals surface area contributed by atoms with Gasteiger partial charge in [0.15, 0.2) is 0 Å². The number of ether oxygens (including phenoxy) is 1. The van der Waals surface area contributed by atoms with Gasteiger partial charge in [-0.15, -0.1) is 11.3 Å². The number of benzene rings is 2. The molecule has 0 bridgehead atoms. The van der Waals surface area contributed by atoms with Crippen LogP contribution in [-0.4, -0.2) is 59.0 Å². The molecule has 0 aliphatic carbocycles. The number of nitrogens with zero attached hydrogens (tertiary/aromatic N) is 2. The Kier molecular flexibility index (Phi) is 6.61. The van der Waals surface area contributed by atoms with Crippen LogP contribution in [0.3, 0.4) is 0 Å². The third kappa shape index (κ3) is 4.71. The number of hydrogen-bond acceptors (Lipinski definition) is 6. The fourth-order valence-electron chi connectivity index (χ4n) is 3.46. The van der Waals surface area contributed by atoms with E-state index in [9.17, 15) is 13.2 Å². The van der Waals surface area contributed by atoms with Crippen molar-refractivity contribution in [2.75, 3.05) is 50.6 Å². The molecule has 0 saturated carbocycles. The van der Waals surface area contributed by atoms with Crippen molar-refractivity contribution in [2.24, 2.45) is 0 Å². The number of anilines is 2. The van der Waals surface area contributed by atoms with Gasteiger partial charge in [0.1, 0.15) is 0 Å². The van der Waals surface area contributed by atoms with E-state index in [4.69, 9.17) is 4.74 Å². The monoisotopic (exact) mass is 471 g/mol. The molecule has 1 amide bonds. The van der Waals surface area contributed by atoms with Gasteiger partial charge in [-0.25, -0.2) is 12.7 Å². The Balaban J connectivity index is 1.64. The van der Waals surface area contributed by atoms with Crippen molar-refractivity contribution in [3.63, 3.8) is 0 Å². The lowest BCUT2D eigenvalue weighted by molar-refractivity contribution is 0.103. The largest absolute Gasteiger partial charge is 0.378 e. The van der Waals surface area contributed by atoms with Gasteiger partial charge in [-0.2, -0.15) is 0 Å². The van der Waals surface area contributed by atoms with Gasteiger partial charge in [-0.1, -0.05) is 36.4 Å². The molecule has 7 nitrogen and oxygen atoms in total. The molecule has 1 fully saturated rings. The zero-order valence-corrected chi connectivity index (χ0v) is 19.6. The molecule has 32 heavy (non-hydrogen) atoms. The van der Waals surface area contributed by atoms with Crippen LogP contribution in [-0.2, 0) is 14.8 Å². The lowest BCUT2D eigenvalue weighted by Crippen LogP contribution is -2.35. The normalized spacial score (nSPS) is 14.5. The van der Waals surface area contributed by atoms with E-state index >= 15 is 0 Å². The van der Waals surface area contributed by atoms with Crippen LogP contribution in [0.15, 0.2) is 65.6 Å². The maximum absolute atomic E-state index is 13.1. The fourth-order valence-corrected chi connectivity index (χ4v) is 5.53. The zero-order chi connectivity index (χ0) is 22.7. The van der Waals surface area contributed by atoms with Gasteiger partial charge in [0, 0.05) is 38.4 Å². The van der Waals surface area contributed by atoms with Gasteiger partial charge >= 0.3 is 0 Å². The molecule has 1 saturated heterocycles. The highest BCUT2D eigenvalue weighted by atomic mass is 32.2. The van der Waals surface area contributed by atoms with Crippen molar-refractivity contribution in [2.45, 2.75) is 4.90 Å². The lowest BCUT2D eigenvalue weighted by atomic mass is 10.1. The van der Waals surface area contributed by atoms with Crippen molar-refractivity contribution in [3.8, 4) is 11.1 Å². The van der Waals surface area contributed by atoms with Crippen LogP contribution in [0, 0.1) is 0 Å². The number of carbonyl (C=O) groups is 1. The molecule has 1 N–H and O–H groups in total. The second-order valence-electron chi connectivity index (χ2n) is 7.56. The number of nitrogens with one attached hydrogen (secondary N) is 1. The smallest absolute Gasteiger partial charge is 0.265 e. The van der Waals surface area contributed by atoms with E-state index in [0.717, 1.165) is 33.5 Å². The van der Waals surface area contributed by atoms with Crippen LogP contribution < -0.4 is 10.2 Å². The molecule has 2 aromatic carbocycles. The fraction of sp³-hybridized carbons (Fsp3) is 0.261. The Bertz CT molecular complexity index is 1200. The van der Waals surface area contributed by atoms with Crippen molar-refractivity contribution < 1.29 is 17.9 Å². The molecule has 1 aliphatic rings. The summed E-state index contributed by atoms with van der Waals surface area (Å²) in [7, 11) is -0.633. The summed E-state index contributed by atoms with van der Waals surface area (Å²) in [6.07, 6.45) is 0. The van der Waals surface area contributed by atoms with Crippen LogP contribution >= 0.6 is 11.3 Å². The highest BCUT2D eigenvalue weighted by Gasteiger charge is 2.23. The van der Waals surface area contributed by atoms with E-state index in [1.165, 1.54) is 37.6 Å². The summed E-state index contributed by atoms with van der Waals surface area (Å²) in [5.74, 6) is -0.272. The van der Waals surface area contributed by atoms with E-state index in [1.54, 1.807) is 12.1 Å². The van der Waals surface area contributed by atoms with E-state index in [1.807, 2.05) is 36.4 Å². The van der Waals surface area contributed by atoms with Crippen LogP contribution in [0.1, 0.15) is 9.67 Å². The van der Waals surface area contributed by atoms with Crippen LogP contribution in [0.4, 0.5) is 10.7 Å². The summed E-state index contributed by atoms with van der Waals surface area (Å²) in [6, 6.07) is 18.2. The number of thiophene rings is 1. The summed E-state index contributed by atoms with van der Waals surface area (Å²) in [6.45, 7) is 2.85. The molecule has 4 rings (SSSR count). The van der Waals surface area contributed by atoms with Crippen LogP contribution in [0.5, 0.6) is 0 Å². The van der Waals surface area contributed by atoms with Crippen molar-refractivity contribution in [3.05, 3.63) is 65.5 Å². The quantitative estimate of drug-likeness (QED) is 0.592. The molecule has 1 aromatic heterocycles. The summed E-state index contributed by atoms with van der Waals surface area (Å²) in [4.78, 5) is 16.0. The Morgan fingerprint density at radius 1 is 1.03 bits per heavy atom. The third-order valence-electron chi connectivity index (χ3n) is 5.19. The zero-order valence-electron chi connectivity index (χ0n) is 17.9. The van der Waals surface area contributed by atoms with Gasteiger partial charge in [-0.3, -0.25) is 4.79 Å². The van der Waals surface area contributed by atoms with E-state index < -0.39 is 10.0 Å². The minimum absolute atomic E-state index is 0.130. The highest BCUT2D eigenvalue weighted by Crippen LogP contribution is 2.39. The summed E-state index contributed by atoms with van der Waals surface area (Å²) < 4.78 is 31.5. The lowest BCUT2D eigenvalue weighted by Gasteiger charge is -2.28. The molecular weight excluding hydrogens is 446 g/mol. The van der Waals surface area contributed by atoms with E-state index in [2.05, 4.69) is 10.2 Å². The second kappa shape index (κ2) is 9.41. The first kappa shape index (κ1) is 22.5. The molecule has 0 spiro atoms. The minimum Gasteiger partial charge on any atom is -0.378 e. The first-order valence-corrected chi connectivity index (χ1v) is 12.5. The van der Waals surface area contributed by atoms with Crippen LogP contribution in [0.2, 0.25) is 0 Å². The van der Waals surface area contributed by atoms with Gasteiger partial charge < -0.3 is 15.0 Å². The molecule has 3 aromatic rings. The Morgan fingerprint density at radius 2 is 1.75 bits per heavy atom. The first-order valence-electron chi connectivity index (χ1n) is 10.2. The Hall–Kier alpha value is -2.72. The molecule has 9 heteroatoms. The van der Waals surface area contributed by atoms with Gasteiger partial charge in [0.25, 0.3) is 5.91 Å². The van der Waals surface area contributed by atoms with Crippen molar-refractivity contribution in [1.82, 2.24) is 4.31 Å². The molecule has 0 unspecified atom stereocenters. The molecule has 2 heterocycles. The second-order valence-corrected chi connectivity index (χ2v) is 10.7. The number of rotatable bonds is 6. The molecular formula is C23H25N3O4S2. The molecule has 0 atom stereocenters. The Labute approximate surface area is 192 Å². The number of sulfonamides is 1. The summed E-state index contributed by atoms with van der Waals surface area (Å²) in [5, 5.41) is 3.89. The van der Waals surface area contributed by atoms with E-state index in [0.29, 0.717) is 23.8 Å². The topological polar surface area (TPSA) is 79.0 Å². The van der Waals surface area contributed by atoms with Gasteiger partial charge in [0.2, 0.25) is 10.0 Å². The maximum Gasteiger partial charge on any atom is 0.265 e. The van der Waals surface area contributed by atoms with Gasteiger partial charge in [0.05, 0.1) is 28.0 Å². The summed E-state index contributed by atoms with van der Waals surface area (Å²) in [5.41, 5.74) is 2.48. The molecule has 168 valence electrons. The Morgan fingerprint density at radius 3 is 2.44 bits per heavy atom. The highest BCUT2D eigenvalue weighted by molar-refractivity contribution is 7.89. The minimum atomic E-state index is -3.59. The number of morpholine rings is 1. The average Bonchev–Trinajstić information content (AvgIpc) is 3.26. The van der Waals surface area contributed by atoms with Crippen molar-refractivity contribution >= 4 is 38.0 Å². The predicted octanol–water partition coefficient (Wildman–Crippen LogP) is 3.75. The SMILES string of the molecule is CN(C)S(=O)(=O)c1cccc(NC(=O)c2cc(-c3ccccc3)c(N3CCOCC3)s2)c1. The molecule has 0 radical (unpaired) electrons. The number of carbonyl (C=O) groups excluding carboxylic acids is 1. The molecule has 1 aliphatic heterocycles. The van der Waals surface area contributed by atoms with Crippen LogP contribution in [0.25, 0.3) is 11.1 Å². The predicted molar refractivity (Wildman–Crippen MR) is 128 cm³/mol. The van der Waals surface area contributed by atoms with E-state index in [-0.39, 0.29) is 10.8 Å². The maximum atomic E-state index is 13.1. The standard InChI is InChI=1S/C23H25N3O4S2/c1-25(2)32(28,29)19-10-6-9-18(15-19)24-22(27)21-16-20(17-7-4-3-5-8-17)23(31-21)26-11-13-30-14-12-26/h3-10,15-16H,11-14H2,1-2H3,(H,24,27).